The topological polar surface area (TPSA) is 134 Å². The van der Waals surface area contributed by atoms with E-state index >= 15 is 4.39 Å². The molecule has 7 rings (SSSR count). The highest BCUT2D eigenvalue weighted by atomic mass is 35.5. The first-order chi connectivity index (χ1) is 25.5. The van der Waals surface area contributed by atoms with Gasteiger partial charge in [-0.3, -0.25) is 4.90 Å². The molecule has 0 spiro atoms. The van der Waals surface area contributed by atoms with E-state index in [1.807, 2.05) is 36.9 Å². The second kappa shape index (κ2) is 15.7. The summed E-state index contributed by atoms with van der Waals surface area (Å²) in [6, 6.07) is 21.6. The fourth-order valence-electron chi connectivity index (χ4n) is 7.03. The number of urea groups is 1. The van der Waals surface area contributed by atoms with Crippen molar-refractivity contribution >= 4 is 24.0 Å². The summed E-state index contributed by atoms with van der Waals surface area (Å²) < 4.78 is 36.8. The number of quaternary nitrogens is 1. The monoisotopic (exact) mass is 757 g/mol. The molecule has 16 heteroatoms. The van der Waals surface area contributed by atoms with E-state index in [2.05, 4.69) is 20.6 Å². The maximum Gasteiger partial charge on any atom is 0.343 e. The van der Waals surface area contributed by atoms with Gasteiger partial charge in [-0.1, -0.05) is 35.4 Å². The van der Waals surface area contributed by atoms with Crippen molar-refractivity contribution in [2.45, 2.75) is 39.0 Å². The number of aryl methyl sites for hydroxylation is 2. The summed E-state index contributed by atoms with van der Waals surface area (Å²) in [7, 11) is 0. The Kier molecular flexibility index (Phi) is 11.0. The Morgan fingerprint density at radius 3 is 2.35 bits per heavy atom. The lowest BCUT2D eigenvalue weighted by Gasteiger charge is -2.39. The van der Waals surface area contributed by atoms with Crippen molar-refractivity contribution in [2.75, 3.05) is 31.2 Å². The number of aromatic nitrogens is 4. The van der Waals surface area contributed by atoms with Gasteiger partial charge in [0.25, 0.3) is 0 Å². The number of hydrogen-bond donors (Lipinski definition) is 2. The summed E-state index contributed by atoms with van der Waals surface area (Å²) in [6.45, 7) is 6.71. The first kappa shape index (κ1) is 38.0. The molecule has 1 fully saturated rings. The number of amides is 2. The zero-order valence-electron chi connectivity index (χ0n) is 29.7. The molecule has 280 valence electrons. The van der Waals surface area contributed by atoms with Gasteiger partial charge in [-0.25, -0.2) is 23.1 Å². The maximum absolute atomic E-state index is 15.5. The van der Waals surface area contributed by atoms with Gasteiger partial charge in [-0.05, 0) is 96.4 Å². The number of carbonyl (C=O) groups is 2. The molecular formula is C38H38ClF2N9O4. The zero-order valence-corrected chi connectivity index (χ0v) is 30.5. The molecule has 3 heterocycles. The second-order valence-corrected chi connectivity index (χ2v) is 13.3. The third kappa shape index (κ3) is 7.64. The number of carbonyl (C=O) groups excluding carboxylic acids is 2. The van der Waals surface area contributed by atoms with E-state index in [4.69, 9.17) is 4.74 Å². The van der Waals surface area contributed by atoms with Gasteiger partial charge in [0.15, 0.2) is 18.6 Å². The molecule has 5 aromatic rings. The lowest BCUT2D eigenvalue weighted by Crippen LogP contribution is -3.09. The predicted molar refractivity (Wildman–Crippen MR) is 190 cm³/mol. The van der Waals surface area contributed by atoms with Gasteiger partial charge in [0.1, 0.15) is 30.3 Å². The van der Waals surface area contributed by atoms with Gasteiger partial charge in [-0.15, -0.1) is 5.10 Å². The van der Waals surface area contributed by atoms with Gasteiger partial charge in [0, 0.05) is 37.0 Å². The molecule has 2 amide bonds. The lowest BCUT2D eigenvalue weighted by atomic mass is 9.85. The fourth-order valence-corrected chi connectivity index (χ4v) is 7.03. The van der Waals surface area contributed by atoms with Crippen LogP contribution in [0.15, 0.2) is 96.4 Å². The molecule has 4 aromatic carbocycles. The van der Waals surface area contributed by atoms with E-state index in [-0.39, 0.29) is 37.1 Å². The molecule has 0 aliphatic carbocycles. The number of nitrogens with zero attached hydrogens (tertiary/aromatic N) is 8. The average Bonchev–Trinajstić information content (AvgIpc) is 3.92. The Morgan fingerprint density at radius 2 is 1.69 bits per heavy atom. The van der Waals surface area contributed by atoms with Crippen molar-refractivity contribution in [1.82, 2.24) is 30.0 Å². The van der Waals surface area contributed by atoms with Crippen LogP contribution in [0.25, 0.3) is 5.69 Å². The van der Waals surface area contributed by atoms with E-state index < -0.39 is 29.2 Å². The number of benzene rings is 4. The molecule has 0 radical (unpaired) electrons. The van der Waals surface area contributed by atoms with Crippen LogP contribution in [0.1, 0.15) is 39.5 Å². The quantitative estimate of drug-likeness (QED) is 0.148. The molecule has 1 unspecified atom stereocenters. The minimum Gasteiger partial charge on any atom is -1.00 e. The van der Waals surface area contributed by atoms with E-state index in [1.165, 1.54) is 22.0 Å². The number of ether oxygens (including phenoxy) is 1. The average molecular weight is 758 g/mol. The predicted octanol–water partition coefficient (Wildman–Crippen LogP) is 0.600. The number of nitrogens with one attached hydrogen (secondary N) is 1. The highest BCUT2D eigenvalue weighted by Crippen LogP contribution is 2.33. The SMILES string of the molecule is Cc1cc(CN2C=N[NH+](C[C@](O)(c3ccc(F)cc3F)[C@@H](C)N3CCN(c4ccc(-n5cnnn5)cc4)C3=O)C2)cc(C)c1OC(=O)c1ccccc1.[Cl-]. The van der Waals surface area contributed by atoms with Crippen LogP contribution >= 0.6 is 0 Å². The first-order valence-electron chi connectivity index (χ1n) is 17.1. The number of rotatable bonds is 11. The summed E-state index contributed by atoms with van der Waals surface area (Å²) in [5.41, 5.74) is 2.28. The summed E-state index contributed by atoms with van der Waals surface area (Å²) >= 11 is 0. The van der Waals surface area contributed by atoms with Crippen LogP contribution in [0, 0.1) is 25.5 Å². The van der Waals surface area contributed by atoms with Crippen LogP contribution in [0.5, 0.6) is 5.75 Å². The smallest absolute Gasteiger partial charge is 0.343 e. The van der Waals surface area contributed by atoms with Crippen LogP contribution in [0.4, 0.5) is 19.3 Å². The fraction of sp³-hybridized carbons (Fsp3) is 0.263. The van der Waals surface area contributed by atoms with Crippen LogP contribution in [-0.2, 0) is 12.1 Å². The molecule has 3 atom stereocenters. The zero-order chi connectivity index (χ0) is 37.3. The van der Waals surface area contributed by atoms with Crippen LogP contribution < -0.4 is 27.1 Å². The van der Waals surface area contributed by atoms with E-state index in [0.717, 1.165) is 28.8 Å². The molecule has 2 N–H and O–H groups in total. The Balaban J connectivity index is 0.00000497. The molecule has 54 heavy (non-hydrogen) atoms. The number of tetrazole rings is 1. The van der Waals surface area contributed by atoms with Crippen molar-refractivity contribution in [3.05, 3.63) is 131 Å². The molecular weight excluding hydrogens is 720 g/mol. The minimum atomic E-state index is -1.95. The van der Waals surface area contributed by atoms with Crippen LogP contribution in [-0.4, -0.2) is 85.8 Å². The van der Waals surface area contributed by atoms with Crippen LogP contribution in [0.2, 0.25) is 0 Å². The highest BCUT2D eigenvalue weighted by Gasteiger charge is 2.49. The number of anilines is 1. The van der Waals surface area contributed by atoms with Gasteiger partial charge in [0.05, 0.1) is 17.3 Å². The third-order valence-corrected chi connectivity index (χ3v) is 9.75. The minimum absolute atomic E-state index is 0. The largest absolute Gasteiger partial charge is 1.00 e. The summed E-state index contributed by atoms with van der Waals surface area (Å²) in [5.74, 6) is -1.63. The number of aliphatic hydroxyl groups is 1. The van der Waals surface area contributed by atoms with Gasteiger partial charge in [-0.2, -0.15) is 5.01 Å². The molecule has 13 nitrogen and oxygen atoms in total. The van der Waals surface area contributed by atoms with E-state index in [0.29, 0.717) is 47.5 Å². The van der Waals surface area contributed by atoms with Gasteiger partial charge < -0.3 is 32.1 Å². The molecule has 0 bridgehead atoms. The maximum atomic E-state index is 15.5. The Morgan fingerprint density at radius 1 is 0.981 bits per heavy atom. The van der Waals surface area contributed by atoms with Crippen molar-refractivity contribution in [3.63, 3.8) is 0 Å². The molecule has 1 saturated heterocycles. The molecule has 2 aliphatic heterocycles. The molecule has 1 aromatic heterocycles. The highest BCUT2D eigenvalue weighted by molar-refractivity contribution is 5.94. The van der Waals surface area contributed by atoms with Gasteiger partial charge >= 0.3 is 12.0 Å². The number of esters is 1. The normalized spacial score (nSPS) is 17.0. The van der Waals surface area contributed by atoms with Crippen molar-refractivity contribution in [1.29, 1.82) is 0 Å². The number of hydrogen-bond acceptors (Lipinski definition) is 9. The molecule has 0 saturated carbocycles. The third-order valence-electron chi connectivity index (χ3n) is 9.75. The number of halogens is 3. The van der Waals surface area contributed by atoms with Crippen molar-refractivity contribution in [2.24, 2.45) is 5.10 Å². The van der Waals surface area contributed by atoms with Gasteiger partial charge in [0.2, 0.25) is 0 Å². The van der Waals surface area contributed by atoms with E-state index in [1.54, 1.807) is 66.7 Å². The van der Waals surface area contributed by atoms with Crippen molar-refractivity contribution in [3.8, 4) is 11.4 Å². The van der Waals surface area contributed by atoms with Crippen LogP contribution in [0.3, 0.4) is 0 Å². The standard InChI is InChI=1S/C38H37F2N9O4.ClH/c1-25-17-28(18-26(2)35(25)53-36(50)29-7-5-4-6-8-29)20-45-23-42-46(24-45)21-38(52,33-14-9-30(39)19-34(33)40)27(3)47-15-16-48(37(47)51)31-10-12-32(13-11-31)49-22-41-43-44-49;/h4-14,17-19,22-23,27,52H,15-16,20-21,24H2,1-3H3;1H/t27-,38-;/m1./s1. The summed E-state index contributed by atoms with van der Waals surface area (Å²) in [6.07, 6.45) is 3.13. The molecule has 2 aliphatic rings. The Bertz CT molecular complexity index is 2140. The first-order valence-corrected chi connectivity index (χ1v) is 17.1. The Hall–Kier alpha value is -5.77. The van der Waals surface area contributed by atoms with Crippen molar-refractivity contribution < 1.29 is 45.6 Å². The summed E-state index contributed by atoms with van der Waals surface area (Å²) in [5, 5.41) is 28.8. The second-order valence-electron chi connectivity index (χ2n) is 13.3. The summed E-state index contributed by atoms with van der Waals surface area (Å²) in [4.78, 5) is 31.6. The Labute approximate surface area is 316 Å². The lowest BCUT2D eigenvalue weighted by molar-refractivity contribution is -0.915. The van der Waals surface area contributed by atoms with E-state index in [9.17, 15) is 19.1 Å².